The Labute approximate surface area is 239 Å². The molecule has 3 N–H and O–H groups in total. The van der Waals surface area contributed by atoms with Crippen LogP contribution in [0.4, 0.5) is 0 Å². The van der Waals surface area contributed by atoms with Gasteiger partial charge < -0.3 is 28.2 Å². The summed E-state index contributed by atoms with van der Waals surface area (Å²) < 4.78 is 0. The molecule has 1 atom stereocenters. The number of hydrogen-bond donors (Lipinski definition) is 1. The van der Waals surface area contributed by atoms with Crippen molar-refractivity contribution in [3.05, 3.63) is 90.5 Å². The molecule has 184 valence electrons. The van der Waals surface area contributed by atoms with Gasteiger partial charge in [-0.25, -0.2) is 6.42 Å². The van der Waals surface area contributed by atoms with E-state index in [-0.39, 0.29) is 43.9 Å². The van der Waals surface area contributed by atoms with Crippen LogP contribution in [0, 0.1) is 13.3 Å². The fourth-order valence-corrected chi connectivity index (χ4v) is 4.54. The fraction of sp³-hybridized carbons (Fsp3) is 0.517. The summed E-state index contributed by atoms with van der Waals surface area (Å²) in [4.78, 5) is 5.10. The summed E-state index contributed by atoms with van der Waals surface area (Å²) in [6.45, 7) is 12.0. The van der Waals surface area contributed by atoms with E-state index in [0.717, 1.165) is 26.1 Å². The second-order valence-corrected chi connectivity index (χ2v) is 9.02. The molecule has 0 amide bonds. The first-order valence-electron chi connectivity index (χ1n) is 12.7. The molecule has 4 rings (SSSR count). The maximum Gasteiger partial charge on any atom is 1.00 e. The Hall–Kier alpha value is -0.655. The second-order valence-electron chi connectivity index (χ2n) is 9.02. The van der Waals surface area contributed by atoms with Crippen molar-refractivity contribution in [3.63, 3.8) is 0 Å². The molecule has 2 aromatic carbocycles. The van der Waals surface area contributed by atoms with Crippen LogP contribution in [-0.2, 0) is 0 Å². The molecule has 0 radical (unpaired) electrons. The molecule has 0 aromatic heterocycles. The van der Waals surface area contributed by atoms with E-state index < -0.39 is 0 Å². The monoisotopic (exact) mass is 463 g/mol. The van der Waals surface area contributed by atoms with Gasteiger partial charge in [-0.3, -0.25) is 0 Å². The SMILES string of the molecule is N.[CH2-]CC[N-]C(CN1CCCCC1)c1ccccc1.[Li+].[Li+].c1ccc([CH-]CN2CCCCC2)cc1. The number of rotatable bonds is 9. The van der Waals surface area contributed by atoms with Gasteiger partial charge in [0, 0.05) is 0 Å². The number of likely N-dealkylation sites (tertiary alicyclic amines) is 2. The van der Waals surface area contributed by atoms with Crippen molar-refractivity contribution in [2.45, 2.75) is 51.0 Å². The summed E-state index contributed by atoms with van der Waals surface area (Å²) in [6, 6.07) is 21.6. The Morgan fingerprint density at radius 2 is 1.26 bits per heavy atom. The van der Waals surface area contributed by atoms with Crippen molar-refractivity contribution < 1.29 is 37.7 Å². The van der Waals surface area contributed by atoms with Crippen LogP contribution in [0.5, 0.6) is 0 Å². The van der Waals surface area contributed by atoms with Gasteiger partial charge >= 0.3 is 37.7 Å². The molecular weight excluding hydrogens is 418 g/mol. The Morgan fingerprint density at radius 1 is 0.743 bits per heavy atom. The molecule has 2 aromatic rings. The molecule has 6 heteroatoms. The summed E-state index contributed by atoms with van der Waals surface area (Å²) in [7, 11) is 0. The predicted molar refractivity (Wildman–Crippen MR) is 143 cm³/mol. The third-order valence-corrected chi connectivity index (χ3v) is 6.41. The van der Waals surface area contributed by atoms with Crippen LogP contribution >= 0.6 is 0 Å². The van der Waals surface area contributed by atoms with E-state index in [1.807, 2.05) is 0 Å². The molecular formula is C29H45Li2N4-. The maximum absolute atomic E-state index is 4.80. The zero-order valence-electron chi connectivity index (χ0n) is 22.6. The quantitative estimate of drug-likeness (QED) is 0.440. The number of piperidine rings is 2. The van der Waals surface area contributed by atoms with E-state index in [0.29, 0.717) is 6.04 Å². The number of hydrogen-bond acceptors (Lipinski definition) is 3. The minimum absolute atomic E-state index is 0. The zero-order chi connectivity index (χ0) is 22.3. The van der Waals surface area contributed by atoms with E-state index in [2.05, 4.69) is 83.8 Å². The molecule has 2 heterocycles. The van der Waals surface area contributed by atoms with E-state index in [9.17, 15) is 0 Å². The van der Waals surface area contributed by atoms with Crippen molar-refractivity contribution >= 4 is 0 Å². The largest absolute Gasteiger partial charge is 1.00 e. The zero-order valence-corrected chi connectivity index (χ0v) is 22.6. The molecule has 0 saturated carbocycles. The van der Waals surface area contributed by atoms with Gasteiger partial charge in [-0.15, -0.1) is 12.1 Å². The molecule has 2 saturated heterocycles. The Kier molecular flexibility index (Phi) is 21.0. The third-order valence-electron chi connectivity index (χ3n) is 6.41. The van der Waals surface area contributed by atoms with E-state index >= 15 is 0 Å². The van der Waals surface area contributed by atoms with Gasteiger partial charge in [0.15, 0.2) is 0 Å². The fourth-order valence-electron chi connectivity index (χ4n) is 4.54. The van der Waals surface area contributed by atoms with Gasteiger partial charge in [0.05, 0.1) is 0 Å². The standard InChI is InChI=1S/C16H24N2.C13H18N.2Li.H3N/c1-2-11-17-16(15-9-5-3-6-10-15)14-18-12-7-4-8-13-18;1-3-7-13(8-4-1)9-12-14-10-5-2-6-11-14;;;/h3,5-6,9-10,16H,1-2,4,7-8,11-14H2;1,3-4,7-9H,2,5-6,10-12H2;;;1H3/q-2;-1;2*+1;. The van der Waals surface area contributed by atoms with Crippen LogP contribution in [0.25, 0.3) is 5.32 Å². The van der Waals surface area contributed by atoms with E-state index in [4.69, 9.17) is 5.32 Å². The summed E-state index contributed by atoms with van der Waals surface area (Å²) in [6.07, 6.45) is 11.5. The van der Waals surface area contributed by atoms with Crippen LogP contribution in [-0.4, -0.2) is 55.6 Å². The molecule has 0 spiro atoms. The van der Waals surface area contributed by atoms with Gasteiger partial charge in [0.2, 0.25) is 0 Å². The second kappa shape index (κ2) is 21.4. The molecule has 2 aliphatic heterocycles. The summed E-state index contributed by atoms with van der Waals surface area (Å²) in [5, 5.41) is 4.80. The van der Waals surface area contributed by atoms with Gasteiger partial charge in [-0.05, 0) is 65.0 Å². The van der Waals surface area contributed by atoms with Crippen LogP contribution in [0.1, 0.15) is 62.1 Å². The van der Waals surface area contributed by atoms with Gasteiger partial charge in [0.1, 0.15) is 0 Å². The normalized spacial score (nSPS) is 16.8. The molecule has 2 fully saturated rings. The van der Waals surface area contributed by atoms with Gasteiger partial charge in [-0.1, -0.05) is 60.8 Å². The minimum Gasteiger partial charge on any atom is -0.657 e. The van der Waals surface area contributed by atoms with E-state index in [1.165, 1.54) is 75.8 Å². The first-order chi connectivity index (χ1) is 15.8. The molecule has 0 bridgehead atoms. The molecule has 4 nitrogen and oxygen atoms in total. The molecule has 0 aliphatic carbocycles. The average molecular weight is 464 g/mol. The van der Waals surface area contributed by atoms with Crippen molar-refractivity contribution in [1.82, 2.24) is 16.0 Å². The minimum atomic E-state index is 0. The molecule has 35 heavy (non-hydrogen) atoms. The Bertz CT molecular complexity index is 705. The topological polar surface area (TPSA) is 55.6 Å². The van der Waals surface area contributed by atoms with Gasteiger partial charge in [-0.2, -0.15) is 30.7 Å². The predicted octanol–water partition coefficient (Wildman–Crippen LogP) is 0.706. The van der Waals surface area contributed by atoms with Crippen molar-refractivity contribution in [1.29, 1.82) is 0 Å². The summed E-state index contributed by atoms with van der Waals surface area (Å²) in [5.41, 5.74) is 2.69. The van der Waals surface area contributed by atoms with Crippen LogP contribution in [0.15, 0.2) is 60.7 Å². The van der Waals surface area contributed by atoms with Crippen molar-refractivity contribution in [3.8, 4) is 0 Å². The maximum atomic E-state index is 4.80. The van der Waals surface area contributed by atoms with Gasteiger partial charge in [0.25, 0.3) is 0 Å². The first kappa shape index (κ1) is 34.3. The molecule has 1 unspecified atom stereocenters. The number of benzene rings is 2. The van der Waals surface area contributed by atoms with Crippen molar-refractivity contribution in [2.75, 3.05) is 45.8 Å². The summed E-state index contributed by atoms with van der Waals surface area (Å²) >= 11 is 0. The first-order valence-corrected chi connectivity index (χ1v) is 12.7. The number of nitrogens with zero attached hydrogens (tertiary/aromatic N) is 3. The molecule has 2 aliphatic rings. The average Bonchev–Trinajstić information content (AvgIpc) is 2.88. The summed E-state index contributed by atoms with van der Waals surface area (Å²) in [5.74, 6) is 0. The third kappa shape index (κ3) is 14.0. The smallest absolute Gasteiger partial charge is 0.657 e. The van der Waals surface area contributed by atoms with E-state index in [1.54, 1.807) is 0 Å². The Balaban J connectivity index is 0.000000623. The van der Waals surface area contributed by atoms with Crippen LogP contribution < -0.4 is 43.9 Å². The van der Waals surface area contributed by atoms with Crippen molar-refractivity contribution in [2.24, 2.45) is 0 Å². The van der Waals surface area contributed by atoms with Crippen LogP contribution in [0.3, 0.4) is 0 Å². The van der Waals surface area contributed by atoms with Crippen LogP contribution in [0.2, 0.25) is 0 Å². The Morgan fingerprint density at radius 3 is 1.80 bits per heavy atom.